The maximum Gasteiger partial charge on any atom is 0.0282 e. The summed E-state index contributed by atoms with van der Waals surface area (Å²) in [5.41, 5.74) is 0. The molecule has 0 heterocycles. The number of nitrogens with zero attached hydrogens (tertiary/aromatic N) is 2. The van der Waals surface area contributed by atoms with Crippen LogP contribution in [-0.4, -0.2) is 30.6 Å². The Hall–Kier alpha value is 1.29. The van der Waals surface area contributed by atoms with Crippen molar-refractivity contribution >= 4 is 0 Å². The molecule has 82 valence electrons. The molecule has 2 radical (unpaired) electrons. The van der Waals surface area contributed by atoms with Crippen LogP contribution in [0.5, 0.6) is 0 Å². The Kier molecular flexibility index (Phi) is 22.0. The number of allylic oxidation sites excluding steroid dienone is 2. The van der Waals surface area contributed by atoms with E-state index in [9.17, 15) is 0 Å². The molecular formula is C11H18N2Y2-4. The Bertz CT molecular complexity index is 152. The largest absolute Gasteiger partial charge is 0.543 e. The summed E-state index contributed by atoms with van der Waals surface area (Å²) in [6, 6.07) is 0. The molecule has 0 fully saturated rings. The van der Waals surface area contributed by atoms with Gasteiger partial charge in [0.1, 0.15) is 0 Å². The fraction of sp³-hybridized carbons (Fsp3) is 0.455. The van der Waals surface area contributed by atoms with Crippen LogP contribution in [0.15, 0.2) is 12.2 Å². The van der Waals surface area contributed by atoms with E-state index in [2.05, 4.69) is 26.2 Å². The second kappa shape index (κ2) is 15.3. The Morgan fingerprint density at radius 2 is 1.27 bits per heavy atom. The minimum absolute atomic E-state index is 0. The molecule has 4 heteroatoms. The van der Waals surface area contributed by atoms with Crippen LogP contribution in [0.3, 0.4) is 0 Å². The third-order valence-electron chi connectivity index (χ3n) is 1.34. The zero-order valence-electron chi connectivity index (χ0n) is 9.74. The molecule has 0 aliphatic heterocycles. The summed E-state index contributed by atoms with van der Waals surface area (Å²) in [4.78, 5) is 3.91. The number of hydrogen-bond acceptors (Lipinski definition) is 2. The van der Waals surface area contributed by atoms with Crippen molar-refractivity contribution in [2.24, 2.45) is 0 Å². The minimum atomic E-state index is 0. The van der Waals surface area contributed by atoms with Crippen molar-refractivity contribution in [1.29, 1.82) is 0 Å². The molecule has 0 atom stereocenters. The van der Waals surface area contributed by atoms with Crippen molar-refractivity contribution in [3.05, 3.63) is 38.4 Å². The van der Waals surface area contributed by atoms with E-state index in [1.807, 2.05) is 36.0 Å². The molecule has 0 aliphatic rings. The molecule has 0 bridgehead atoms. The normalized spacial score (nSPS) is 9.87. The molecule has 0 amide bonds. The summed E-state index contributed by atoms with van der Waals surface area (Å²) in [5, 5.41) is 0. The van der Waals surface area contributed by atoms with Crippen molar-refractivity contribution in [2.45, 2.75) is 12.8 Å². The first-order chi connectivity index (χ1) is 6.20. The fourth-order valence-corrected chi connectivity index (χ4v) is 0.841. The third kappa shape index (κ3) is 15.3. The molecule has 0 aromatic heterocycles. The van der Waals surface area contributed by atoms with E-state index in [0.717, 1.165) is 19.5 Å². The van der Waals surface area contributed by atoms with Gasteiger partial charge in [0.05, 0.1) is 0 Å². The zero-order valence-corrected chi connectivity index (χ0v) is 15.4. The molecule has 0 aliphatic carbocycles. The van der Waals surface area contributed by atoms with Crippen LogP contribution >= 0.6 is 0 Å². The summed E-state index contributed by atoms with van der Waals surface area (Å²) in [5.74, 6) is 0. The molecule has 2 nitrogen and oxygen atoms in total. The first-order valence-electron chi connectivity index (χ1n) is 4.37. The summed E-state index contributed by atoms with van der Waals surface area (Å²) < 4.78 is 0. The SMILES string of the molecule is [CH2-]CC=[C-]N(C)CN(C)[C-]=CC[CH2-].[Y].[Y]. The van der Waals surface area contributed by atoms with Crippen LogP contribution in [0.25, 0.3) is 0 Å². The van der Waals surface area contributed by atoms with Gasteiger partial charge >= 0.3 is 0 Å². The second-order valence-corrected chi connectivity index (χ2v) is 2.78. The van der Waals surface area contributed by atoms with E-state index in [1.54, 1.807) is 0 Å². The standard InChI is InChI=1S/C11H18N2.2Y/c1-5-7-9-12(3)11-13(4)10-8-6-2;;/h7-8H,1-2,5-6,11H2,3-4H3;;/q-4;;. The molecule has 0 rings (SSSR count). The molecule has 15 heavy (non-hydrogen) atoms. The van der Waals surface area contributed by atoms with Crippen LogP contribution in [0, 0.1) is 26.2 Å². The average molecular weight is 356 g/mol. The third-order valence-corrected chi connectivity index (χ3v) is 1.34. The van der Waals surface area contributed by atoms with E-state index in [-0.39, 0.29) is 65.4 Å². The first kappa shape index (κ1) is 21.6. The smallest absolute Gasteiger partial charge is 0.0282 e. The van der Waals surface area contributed by atoms with Crippen molar-refractivity contribution in [1.82, 2.24) is 9.80 Å². The Morgan fingerprint density at radius 1 is 0.933 bits per heavy atom. The Labute approximate surface area is 145 Å². The van der Waals surface area contributed by atoms with Crippen molar-refractivity contribution in [3.63, 3.8) is 0 Å². The molecule has 0 aromatic rings. The van der Waals surface area contributed by atoms with Crippen LogP contribution in [0.1, 0.15) is 12.8 Å². The Balaban J connectivity index is -0.000000720. The predicted molar refractivity (Wildman–Crippen MR) is 56.0 cm³/mol. The predicted octanol–water partition coefficient (Wildman–Crippen LogP) is 1.88. The topological polar surface area (TPSA) is 6.48 Å². The van der Waals surface area contributed by atoms with Crippen LogP contribution < -0.4 is 0 Å². The molecular weight excluding hydrogens is 338 g/mol. The Morgan fingerprint density at radius 3 is 1.53 bits per heavy atom. The molecule has 0 spiro atoms. The fourth-order valence-electron chi connectivity index (χ4n) is 0.841. The van der Waals surface area contributed by atoms with Gasteiger partial charge in [-0.2, -0.15) is 12.8 Å². The van der Waals surface area contributed by atoms with Gasteiger partial charge in [0.15, 0.2) is 0 Å². The average Bonchev–Trinajstić information content (AvgIpc) is 2.11. The van der Waals surface area contributed by atoms with Gasteiger partial charge in [0.25, 0.3) is 0 Å². The van der Waals surface area contributed by atoms with Crippen molar-refractivity contribution in [3.8, 4) is 0 Å². The summed E-state index contributed by atoms with van der Waals surface area (Å²) >= 11 is 0. The van der Waals surface area contributed by atoms with Gasteiger partial charge in [-0.05, 0) is 14.1 Å². The van der Waals surface area contributed by atoms with Gasteiger partial charge in [0.2, 0.25) is 0 Å². The molecule has 0 saturated carbocycles. The molecule has 0 aromatic carbocycles. The van der Waals surface area contributed by atoms with E-state index >= 15 is 0 Å². The van der Waals surface area contributed by atoms with E-state index < -0.39 is 0 Å². The zero-order chi connectivity index (χ0) is 10.1. The van der Waals surface area contributed by atoms with Crippen LogP contribution in [0.2, 0.25) is 0 Å². The van der Waals surface area contributed by atoms with Gasteiger partial charge in [-0.3, -0.25) is 12.2 Å². The first-order valence-corrected chi connectivity index (χ1v) is 4.37. The maximum absolute atomic E-state index is 3.70. The number of hydrogen-bond donors (Lipinski definition) is 0. The van der Waals surface area contributed by atoms with Gasteiger partial charge < -0.3 is 36.0 Å². The van der Waals surface area contributed by atoms with Gasteiger partial charge in [0, 0.05) is 72.1 Å². The number of rotatable bonds is 6. The van der Waals surface area contributed by atoms with E-state index in [4.69, 9.17) is 0 Å². The van der Waals surface area contributed by atoms with E-state index in [0.29, 0.717) is 0 Å². The molecule has 0 unspecified atom stereocenters. The van der Waals surface area contributed by atoms with Gasteiger partial charge in [-0.25, -0.2) is 0 Å². The summed E-state index contributed by atoms with van der Waals surface area (Å²) in [6.45, 7) is 8.17. The van der Waals surface area contributed by atoms with Gasteiger partial charge in [-0.15, -0.1) is 0 Å². The van der Waals surface area contributed by atoms with Crippen LogP contribution in [0.4, 0.5) is 0 Å². The minimum Gasteiger partial charge on any atom is -0.543 e. The van der Waals surface area contributed by atoms with Gasteiger partial charge in [-0.1, -0.05) is 0 Å². The summed E-state index contributed by atoms with van der Waals surface area (Å²) in [7, 11) is 3.93. The molecule has 0 saturated heterocycles. The summed E-state index contributed by atoms with van der Waals surface area (Å²) in [6.07, 6.45) is 11.5. The second-order valence-electron chi connectivity index (χ2n) is 2.78. The monoisotopic (exact) mass is 356 g/mol. The maximum atomic E-state index is 3.70. The van der Waals surface area contributed by atoms with Crippen molar-refractivity contribution in [2.75, 3.05) is 20.8 Å². The quantitative estimate of drug-likeness (QED) is 0.408. The molecule has 0 N–H and O–H groups in total. The van der Waals surface area contributed by atoms with Crippen LogP contribution in [-0.2, 0) is 65.4 Å². The van der Waals surface area contributed by atoms with E-state index in [1.165, 1.54) is 0 Å². The van der Waals surface area contributed by atoms with Crippen molar-refractivity contribution < 1.29 is 65.4 Å².